The van der Waals surface area contributed by atoms with Crippen molar-refractivity contribution in [1.29, 1.82) is 0 Å². The number of anilines is 4. The molecule has 0 saturated carbocycles. The van der Waals surface area contributed by atoms with Gasteiger partial charge in [0, 0.05) is 50.8 Å². The molecular weight excluding hydrogens is 744 g/mol. The average molecular weight is 797 g/mol. The molecule has 0 spiro atoms. The van der Waals surface area contributed by atoms with Crippen LogP contribution in [0.4, 0.5) is 28.4 Å². The van der Waals surface area contributed by atoms with Gasteiger partial charge in [0.15, 0.2) is 0 Å². The molecule has 0 saturated heterocycles. The average Bonchev–Trinajstić information content (AvgIpc) is 4.03. The predicted molar refractivity (Wildman–Crippen MR) is 223 cm³/mol. The van der Waals surface area contributed by atoms with Gasteiger partial charge in [0.25, 0.3) is 0 Å². The van der Waals surface area contributed by atoms with E-state index >= 15 is 0 Å². The SMILES string of the molecule is C.CCC.CN1NN(C)c2ccccc21.CN1NN(C)c2ccccc21.[Cu].[OH3+].c1ccc2c(c1)CN=N2.c1ccc2n[nH]nc2c1.c1ccc2n[nH]nc2c1. The van der Waals surface area contributed by atoms with E-state index in [9.17, 15) is 0 Å². The number of hydrogen-bond acceptors (Lipinski definition) is 12. The number of azo groups is 1. The number of hydrazine groups is 4. The number of nitrogens with zero attached hydrogens (tertiary/aromatic N) is 10. The largest absolute Gasteiger partial charge is 0.457 e. The molecule has 295 valence electrons. The number of aromatic amines is 2. The third kappa shape index (κ3) is 12.3. The first-order chi connectivity index (χ1) is 25.4. The first-order valence-corrected chi connectivity index (χ1v) is 17.0. The van der Waals surface area contributed by atoms with Crippen LogP contribution in [0.5, 0.6) is 0 Å². The number of hydrogen-bond donors (Lipinski definition) is 4. The van der Waals surface area contributed by atoms with Crippen LogP contribution in [-0.2, 0) is 29.1 Å². The molecule has 3 aliphatic heterocycles. The van der Waals surface area contributed by atoms with Gasteiger partial charge < -0.3 is 5.48 Å². The van der Waals surface area contributed by atoms with Crippen LogP contribution in [0.15, 0.2) is 132 Å². The second-order valence-corrected chi connectivity index (χ2v) is 11.8. The maximum Gasteiger partial charge on any atom is 0.112 e. The van der Waals surface area contributed by atoms with Crippen molar-refractivity contribution >= 4 is 50.5 Å². The fraction of sp³-hybridized carbons (Fsp3) is 0.231. The van der Waals surface area contributed by atoms with Gasteiger partial charge in [-0.15, -0.1) is 11.1 Å². The molecule has 7 aromatic rings. The normalized spacial score (nSPS) is 12.1. The molecule has 3 aliphatic rings. The van der Waals surface area contributed by atoms with Crippen LogP contribution in [0.25, 0.3) is 22.1 Å². The zero-order valence-corrected chi connectivity index (χ0v) is 32.3. The van der Waals surface area contributed by atoms with Crippen molar-refractivity contribution in [2.24, 2.45) is 10.2 Å². The number of para-hydroxylation sites is 8. The topological polar surface area (TPSA) is 178 Å². The van der Waals surface area contributed by atoms with Crippen molar-refractivity contribution in [2.75, 3.05) is 48.2 Å². The Labute approximate surface area is 333 Å². The summed E-state index contributed by atoms with van der Waals surface area (Å²) < 4.78 is 0. The van der Waals surface area contributed by atoms with Crippen LogP contribution in [0.3, 0.4) is 0 Å². The quantitative estimate of drug-likeness (QED) is 0.0899. The van der Waals surface area contributed by atoms with Gasteiger partial charge in [-0.25, -0.2) is 0 Å². The first kappa shape index (κ1) is 45.3. The van der Waals surface area contributed by atoms with Crippen molar-refractivity contribution in [3.05, 3.63) is 127 Å². The van der Waals surface area contributed by atoms with Gasteiger partial charge in [-0.3, -0.25) is 20.0 Å². The maximum atomic E-state index is 3.92. The minimum Gasteiger partial charge on any atom is -0.457 e. The second kappa shape index (κ2) is 23.0. The second-order valence-electron chi connectivity index (χ2n) is 11.8. The van der Waals surface area contributed by atoms with E-state index in [1.54, 1.807) is 0 Å². The Morgan fingerprint density at radius 3 is 1.11 bits per heavy atom. The van der Waals surface area contributed by atoms with E-state index in [0.29, 0.717) is 0 Å². The van der Waals surface area contributed by atoms with E-state index in [4.69, 9.17) is 0 Å². The third-order valence-corrected chi connectivity index (χ3v) is 7.67. The van der Waals surface area contributed by atoms with Crippen LogP contribution in [0, 0.1) is 0 Å². The zero-order chi connectivity index (χ0) is 36.7. The molecule has 0 atom stereocenters. The van der Waals surface area contributed by atoms with E-state index in [1.165, 1.54) is 34.7 Å². The molecule has 16 heteroatoms. The summed E-state index contributed by atoms with van der Waals surface area (Å²) in [4.78, 5) is 0. The summed E-state index contributed by atoms with van der Waals surface area (Å²) in [5.41, 5.74) is 17.1. The summed E-state index contributed by atoms with van der Waals surface area (Å²) in [6, 6.07) is 39.9. The third-order valence-electron chi connectivity index (χ3n) is 7.67. The molecule has 10 rings (SSSR count). The van der Waals surface area contributed by atoms with Crippen LogP contribution in [0.1, 0.15) is 33.3 Å². The molecule has 1 radical (unpaired) electrons. The van der Waals surface area contributed by atoms with Crippen molar-refractivity contribution in [2.45, 2.75) is 34.2 Å². The van der Waals surface area contributed by atoms with Crippen molar-refractivity contribution in [1.82, 2.24) is 41.9 Å². The van der Waals surface area contributed by atoms with Gasteiger partial charge >= 0.3 is 0 Å². The fourth-order valence-electron chi connectivity index (χ4n) is 5.23. The monoisotopic (exact) mass is 796 g/mol. The van der Waals surface area contributed by atoms with Crippen molar-refractivity contribution in [3.8, 4) is 0 Å². The molecule has 2 aromatic heterocycles. The number of H-pyrrole nitrogens is 2. The molecule has 0 unspecified atom stereocenters. The number of rotatable bonds is 0. The maximum absolute atomic E-state index is 3.92. The summed E-state index contributed by atoms with van der Waals surface area (Å²) in [7, 11) is 8.01. The minimum absolute atomic E-state index is 0. The molecular formula is C39H53CuN14O+. The number of nitrogens with one attached hydrogen (secondary N) is 4. The van der Waals surface area contributed by atoms with E-state index in [-0.39, 0.29) is 30.0 Å². The van der Waals surface area contributed by atoms with E-state index in [2.05, 4.69) is 96.3 Å². The van der Waals surface area contributed by atoms with Gasteiger partial charge in [-0.05, 0) is 54.6 Å². The number of fused-ring (bicyclic) bond motifs is 5. The first-order valence-electron chi connectivity index (χ1n) is 17.0. The van der Waals surface area contributed by atoms with Gasteiger partial charge in [0.1, 0.15) is 22.1 Å². The molecule has 0 amide bonds. The fourth-order valence-corrected chi connectivity index (χ4v) is 5.23. The summed E-state index contributed by atoms with van der Waals surface area (Å²) >= 11 is 0. The predicted octanol–water partition coefficient (Wildman–Crippen LogP) is 7.31. The number of aromatic nitrogens is 6. The molecule has 5 heterocycles. The zero-order valence-electron chi connectivity index (χ0n) is 31.3. The summed E-state index contributed by atoms with van der Waals surface area (Å²) in [6.07, 6.45) is 1.25. The Kier molecular flexibility index (Phi) is 18.9. The van der Waals surface area contributed by atoms with Gasteiger partial charge in [0.05, 0.1) is 35.0 Å². The molecule has 0 aliphatic carbocycles. The Morgan fingerprint density at radius 2 is 0.782 bits per heavy atom. The standard InChI is InChI=1S/2C8H11N3.C7H6N2.2C6H5N3.C3H8.CH4.Cu.H2O/c2*1-10-7-5-3-4-6-8(7)11(2)9-10;1-2-4-7-6(3-1)5-8-9-7;2*1-2-4-6-5(3-1)7-9-8-6;1-3-2;;;/h2*3-6,9H,1-2H3;1-4H,5H2;2*1-4H,(H,7,8,9);3H2,1-2H3;1H4;;1H2/p+1. The van der Waals surface area contributed by atoms with Gasteiger partial charge in [0.2, 0.25) is 0 Å². The van der Waals surface area contributed by atoms with Crippen LogP contribution >= 0.6 is 0 Å². The summed E-state index contributed by atoms with van der Waals surface area (Å²) in [6.45, 7) is 5.01. The van der Waals surface area contributed by atoms with Crippen molar-refractivity contribution < 1.29 is 22.5 Å². The summed E-state index contributed by atoms with van der Waals surface area (Å²) in [5, 5.41) is 36.4. The smallest absolute Gasteiger partial charge is 0.112 e. The Balaban J connectivity index is 0.000000231. The molecule has 55 heavy (non-hydrogen) atoms. The minimum atomic E-state index is 0. The van der Waals surface area contributed by atoms with Crippen LogP contribution < -0.4 is 31.1 Å². The van der Waals surface area contributed by atoms with E-state index in [0.717, 1.165) is 34.3 Å². The van der Waals surface area contributed by atoms with Gasteiger partial charge in [-0.2, -0.15) is 41.0 Å². The summed E-state index contributed by atoms with van der Waals surface area (Å²) in [5.74, 6) is 0. The molecule has 15 nitrogen and oxygen atoms in total. The molecule has 0 fully saturated rings. The Bertz CT molecular complexity index is 1920. The van der Waals surface area contributed by atoms with Gasteiger partial charge in [-0.1, -0.05) is 94.4 Å². The molecule has 7 N–H and O–H groups in total. The number of benzene rings is 5. The Morgan fingerprint density at radius 1 is 0.491 bits per heavy atom. The molecule has 0 bridgehead atoms. The van der Waals surface area contributed by atoms with Crippen molar-refractivity contribution in [3.63, 3.8) is 0 Å². The molecule has 5 aromatic carbocycles. The Hall–Kier alpha value is -5.90. The van der Waals surface area contributed by atoms with Crippen LogP contribution in [-0.4, -0.2) is 59.0 Å². The van der Waals surface area contributed by atoms with Crippen LogP contribution in [0.2, 0.25) is 0 Å². The van der Waals surface area contributed by atoms with E-state index < -0.39 is 0 Å². The van der Waals surface area contributed by atoms with E-state index in [1.807, 2.05) is 139 Å².